The summed E-state index contributed by atoms with van der Waals surface area (Å²) < 4.78 is 5.88. The van der Waals surface area contributed by atoms with Crippen LogP contribution in [0.15, 0.2) is 0 Å². The van der Waals surface area contributed by atoms with E-state index in [1.807, 2.05) is 0 Å². The molecular weight excluding hydrogens is 452 g/mol. The van der Waals surface area contributed by atoms with Crippen LogP contribution in [0.25, 0.3) is 0 Å². The summed E-state index contributed by atoms with van der Waals surface area (Å²) in [5, 5.41) is 0. The zero-order chi connectivity index (χ0) is 25.7. The Hall–Kier alpha value is -0.240. The van der Waals surface area contributed by atoms with Gasteiger partial charge in [0, 0.05) is 0 Å². The molecule has 0 bridgehead atoms. The lowest BCUT2D eigenvalue weighted by molar-refractivity contribution is -0.263. The van der Waals surface area contributed by atoms with E-state index < -0.39 is 0 Å². The lowest BCUT2D eigenvalue weighted by Gasteiger charge is -2.75. The van der Waals surface area contributed by atoms with Crippen LogP contribution in [-0.4, -0.2) is 18.0 Å². The lowest BCUT2D eigenvalue weighted by atomic mass is 9.30. The highest BCUT2D eigenvalue weighted by Crippen LogP contribution is 2.78. The number of hydrogen-bond acceptors (Lipinski definition) is 2. The smallest absolute Gasteiger partial charge is 0.321 e. The second-order valence-corrected chi connectivity index (χ2v) is 16.4. The van der Waals surface area contributed by atoms with E-state index in [4.69, 9.17) is 16.3 Å². The van der Waals surface area contributed by atoms with Crippen molar-refractivity contribution < 1.29 is 9.53 Å². The molecule has 0 aliphatic heterocycles. The van der Waals surface area contributed by atoms with Crippen molar-refractivity contribution in [3.05, 3.63) is 0 Å². The van der Waals surface area contributed by atoms with Gasteiger partial charge in [-0.2, -0.15) is 0 Å². The number of ether oxygens (including phenoxy) is 1. The molecule has 5 aliphatic carbocycles. The van der Waals surface area contributed by atoms with E-state index in [-0.39, 0.29) is 23.4 Å². The first-order chi connectivity index (χ1) is 16.2. The van der Waals surface area contributed by atoms with Crippen LogP contribution in [0.1, 0.15) is 126 Å². The van der Waals surface area contributed by atoms with E-state index in [1.165, 1.54) is 64.2 Å². The lowest BCUT2D eigenvalue weighted by Crippen LogP contribution is -2.68. The zero-order valence-corrected chi connectivity index (χ0v) is 24.8. The summed E-state index contributed by atoms with van der Waals surface area (Å²) in [5.41, 5.74) is 2.57. The van der Waals surface area contributed by atoms with Crippen molar-refractivity contribution in [2.24, 2.45) is 56.2 Å². The maximum Gasteiger partial charge on any atom is 0.321 e. The number of carbonyl (C=O) groups excluding carboxylic acids is 1. The van der Waals surface area contributed by atoms with Crippen LogP contribution in [0.4, 0.5) is 0 Å². The largest absolute Gasteiger partial charge is 0.461 e. The zero-order valence-electron chi connectivity index (χ0n) is 24.1. The van der Waals surface area contributed by atoms with Gasteiger partial charge in [0.25, 0.3) is 0 Å². The first kappa shape index (κ1) is 26.4. The molecule has 0 N–H and O–H groups in total. The monoisotopic (exact) mass is 504 g/mol. The molecule has 35 heavy (non-hydrogen) atoms. The number of rotatable bonds is 2. The second-order valence-electron chi connectivity index (χ2n) is 16.1. The Morgan fingerprint density at radius 3 is 2.06 bits per heavy atom. The summed E-state index contributed by atoms with van der Waals surface area (Å²) in [6, 6.07) is 0. The summed E-state index contributed by atoms with van der Waals surface area (Å²) in [6.45, 7) is 20.8. The van der Waals surface area contributed by atoms with E-state index in [2.05, 4.69) is 55.4 Å². The van der Waals surface area contributed by atoms with Gasteiger partial charge in [-0.25, -0.2) is 0 Å². The average molecular weight is 505 g/mol. The fourth-order valence-corrected chi connectivity index (χ4v) is 11.8. The normalized spacial score (nSPS) is 55.1. The van der Waals surface area contributed by atoms with Gasteiger partial charge in [0.05, 0.1) is 0 Å². The Labute approximate surface area is 221 Å². The van der Waals surface area contributed by atoms with Crippen LogP contribution in [0.2, 0.25) is 0 Å². The maximum absolute atomic E-state index is 12.0. The first-order valence-electron chi connectivity index (χ1n) is 14.9. The SMILES string of the molecule is C[C@@H]1[C@H](OC(=O)CCl)CC[C@@H]2[C@]1(C)CC[C@@H]1[C@]2(C)CC[C@@]2(C)[C@H]3CC(C)(C)CC[C@]3(C)CC[C@]12C. The van der Waals surface area contributed by atoms with Gasteiger partial charge >= 0.3 is 5.97 Å². The summed E-state index contributed by atoms with van der Waals surface area (Å²) in [6.07, 6.45) is 14.8. The molecule has 0 radical (unpaired) electrons. The number of fused-ring (bicyclic) bond motifs is 7. The van der Waals surface area contributed by atoms with Gasteiger partial charge in [0.2, 0.25) is 0 Å². The minimum Gasteiger partial charge on any atom is -0.461 e. The number of carbonyl (C=O) groups is 1. The highest BCUT2D eigenvalue weighted by atomic mass is 35.5. The van der Waals surface area contributed by atoms with Gasteiger partial charge in [-0.1, -0.05) is 55.4 Å². The van der Waals surface area contributed by atoms with Gasteiger partial charge < -0.3 is 4.74 Å². The average Bonchev–Trinajstić information content (AvgIpc) is 2.79. The van der Waals surface area contributed by atoms with Crippen LogP contribution in [0, 0.1) is 56.2 Å². The van der Waals surface area contributed by atoms with E-state index in [0.29, 0.717) is 33.0 Å². The van der Waals surface area contributed by atoms with Crippen LogP contribution in [0.3, 0.4) is 0 Å². The van der Waals surface area contributed by atoms with Crippen LogP contribution in [0.5, 0.6) is 0 Å². The Balaban J connectivity index is 1.47. The third-order valence-electron chi connectivity index (χ3n) is 14.3. The third-order valence-corrected chi connectivity index (χ3v) is 14.5. The Bertz CT molecular complexity index is 868. The van der Waals surface area contributed by atoms with Crippen LogP contribution >= 0.6 is 11.6 Å². The van der Waals surface area contributed by atoms with Gasteiger partial charge in [-0.05, 0) is 127 Å². The van der Waals surface area contributed by atoms with Gasteiger partial charge in [0.1, 0.15) is 12.0 Å². The highest BCUT2D eigenvalue weighted by molar-refractivity contribution is 6.26. The maximum atomic E-state index is 12.0. The van der Waals surface area contributed by atoms with Crippen molar-refractivity contribution in [1.29, 1.82) is 0 Å². The number of alkyl halides is 1. The van der Waals surface area contributed by atoms with E-state index in [1.54, 1.807) is 0 Å². The molecule has 0 saturated heterocycles. The molecule has 0 aromatic carbocycles. The number of halogens is 1. The Morgan fingerprint density at radius 2 is 1.37 bits per heavy atom. The topological polar surface area (TPSA) is 26.3 Å². The summed E-state index contributed by atoms with van der Waals surface area (Å²) in [4.78, 5) is 12.0. The predicted molar refractivity (Wildman–Crippen MR) is 145 cm³/mol. The van der Waals surface area contributed by atoms with Crippen molar-refractivity contribution in [3.63, 3.8) is 0 Å². The molecular formula is C32H53ClO2. The molecule has 0 heterocycles. The fourth-order valence-electron chi connectivity index (χ4n) is 11.7. The number of hydrogen-bond donors (Lipinski definition) is 0. The molecule has 5 aliphatic rings. The van der Waals surface area contributed by atoms with Crippen molar-refractivity contribution in [2.75, 3.05) is 5.88 Å². The number of esters is 1. The molecule has 5 fully saturated rings. The van der Waals surface area contributed by atoms with E-state index in [9.17, 15) is 4.79 Å². The van der Waals surface area contributed by atoms with Gasteiger partial charge in [0.15, 0.2) is 0 Å². The van der Waals surface area contributed by atoms with Crippen molar-refractivity contribution in [1.82, 2.24) is 0 Å². The van der Waals surface area contributed by atoms with Gasteiger partial charge in [-0.3, -0.25) is 4.79 Å². The molecule has 0 unspecified atom stereocenters. The fraction of sp³-hybridized carbons (Fsp3) is 0.969. The molecule has 10 atom stereocenters. The molecule has 5 saturated carbocycles. The summed E-state index contributed by atoms with van der Waals surface area (Å²) in [7, 11) is 0. The molecule has 0 amide bonds. The molecule has 2 nitrogen and oxygen atoms in total. The predicted octanol–water partition coefficient (Wildman–Crippen LogP) is 9.04. The highest BCUT2D eigenvalue weighted by Gasteiger charge is 2.70. The third kappa shape index (κ3) is 3.56. The van der Waals surface area contributed by atoms with Crippen LogP contribution < -0.4 is 0 Å². The molecule has 5 rings (SSSR count). The quantitative estimate of drug-likeness (QED) is 0.277. The molecule has 0 aromatic heterocycles. The van der Waals surface area contributed by atoms with E-state index >= 15 is 0 Å². The standard InChI is InChI=1S/C32H53ClO2/c1-21-22(35-26(34)20-33)9-10-23-29(21,5)12-11-24-30(23,6)16-18-32(8)25-19-27(2,3)13-14-28(25,4)15-17-31(24,32)7/h21-25H,9-20H2,1-8H3/t21-,22-,23-,24-,25+,28-,29-,30-,31-,32+/m1/s1. The van der Waals surface area contributed by atoms with Crippen molar-refractivity contribution >= 4 is 17.6 Å². The molecule has 0 aromatic rings. The second kappa shape index (κ2) is 8.13. The van der Waals surface area contributed by atoms with Crippen LogP contribution in [-0.2, 0) is 9.53 Å². The van der Waals surface area contributed by atoms with Crippen molar-refractivity contribution in [2.45, 2.75) is 132 Å². The Morgan fingerprint density at radius 1 is 0.743 bits per heavy atom. The molecule has 3 heteroatoms. The Kier molecular flexibility index (Phi) is 6.13. The van der Waals surface area contributed by atoms with Crippen molar-refractivity contribution in [3.8, 4) is 0 Å². The molecule has 0 spiro atoms. The first-order valence-corrected chi connectivity index (χ1v) is 15.4. The minimum absolute atomic E-state index is 0.0308. The summed E-state index contributed by atoms with van der Waals surface area (Å²) in [5.74, 6) is 2.53. The van der Waals surface area contributed by atoms with Gasteiger partial charge in [-0.15, -0.1) is 11.6 Å². The summed E-state index contributed by atoms with van der Waals surface area (Å²) >= 11 is 5.80. The minimum atomic E-state index is -0.243. The van der Waals surface area contributed by atoms with E-state index in [0.717, 1.165) is 24.2 Å². The molecule has 200 valence electrons.